The minimum atomic E-state index is 0.218. The molecule has 0 bridgehead atoms. The highest BCUT2D eigenvalue weighted by molar-refractivity contribution is 4.81. The van der Waals surface area contributed by atoms with Crippen LogP contribution in [0.15, 0.2) is 0 Å². The summed E-state index contributed by atoms with van der Waals surface area (Å²) in [5, 5.41) is 12.5. The third kappa shape index (κ3) is 3.95. The van der Waals surface area contributed by atoms with Gasteiger partial charge in [0.25, 0.3) is 0 Å². The standard InChI is InChI=1S/C11H24N2O/c1-11(2,5-7-14)9-12-10-4-6-13(3)8-10/h10,12,14H,4-9H2,1-3H3. The number of aliphatic hydroxyl groups is 1. The van der Waals surface area contributed by atoms with E-state index in [0.717, 1.165) is 19.5 Å². The molecule has 2 N–H and O–H groups in total. The number of hydrogen-bond acceptors (Lipinski definition) is 3. The van der Waals surface area contributed by atoms with Gasteiger partial charge >= 0.3 is 0 Å². The summed E-state index contributed by atoms with van der Waals surface area (Å²) < 4.78 is 0. The first-order valence-corrected chi connectivity index (χ1v) is 5.56. The van der Waals surface area contributed by atoms with E-state index in [1.165, 1.54) is 13.0 Å². The second-order valence-corrected chi connectivity index (χ2v) is 5.27. The van der Waals surface area contributed by atoms with Gasteiger partial charge in [0.05, 0.1) is 0 Å². The van der Waals surface area contributed by atoms with E-state index in [4.69, 9.17) is 5.11 Å². The predicted molar refractivity (Wildman–Crippen MR) is 59.4 cm³/mol. The molecule has 0 saturated carbocycles. The van der Waals surface area contributed by atoms with Crippen molar-refractivity contribution in [1.82, 2.24) is 10.2 Å². The normalized spacial score (nSPS) is 24.4. The van der Waals surface area contributed by atoms with Crippen molar-refractivity contribution in [1.29, 1.82) is 0 Å². The molecule has 1 aliphatic heterocycles. The number of aliphatic hydroxyl groups excluding tert-OH is 1. The lowest BCUT2D eigenvalue weighted by molar-refractivity contribution is 0.203. The summed E-state index contributed by atoms with van der Waals surface area (Å²) in [5.74, 6) is 0. The summed E-state index contributed by atoms with van der Waals surface area (Å²) in [5.41, 5.74) is 0.218. The number of likely N-dealkylation sites (tertiary alicyclic amines) is 1. The lowest BCUT2D eigenvalue weighted by Gasteiger charge is -2.26. The Bertz CT molecular complexity index is 171. The Balaban J connectivity index is 2.19. The minimum absolute atomic E-state index is 0.218. The van der Waals surface area contributed by atoms with E-state index < -0.39 is 0 Å². The minimum Gasteiger partial charge on any atom is -0.396 e. The molecule has 0 spiro atoms. The van der Waals surface area contributed by atoms with E-state index in [9.17, 15) is 0 Å². The molecule has 0 aromatic rings. The first kappa shape index (κ1) is 12.0. The Morgan fingerprint density at radius 2 is 2.21 bits per heavy atom. The van der Waals surface area contributed by atoms with Gasteiger partial charge in [0.15, 0.2) is 0 Å². The van der Waals surface area contributed by atoms with Crippen molar-refractivity contribution < 1.29 is 5.11 Å². The number of nitrogens with one attached hydrogen (secondary N) is 1. The van der Waals surface area contributed by atoms with Crippen LogP contribution in [-0.2, 0) is 0 Å². The number of nitrogens with zero attached hydrogens (tertiary/aromatic N) is 1. The van der Waals surface area contributed by atoms with E-state index in [1.807, 2.05) is 0 Å². The van der Waals surface area contributed by atoms with Crippen LogP contribution in [0.2, 0.25) is 0 Å². The summed E-state index contributed by atoms with van der Waals surface area (Å²) in [7, 11) is 2.17. The number of hydrogen-bond donors (Lipinski definition) is 2. The molecular formula is C11H24N2O. The number of rotatable bonds is 5. The average Bonchev–Trinajstić information content (AvgIpc) is 2.48. The van der Waals surface area contributed by atoms with Crippen LogP contribution in [0.5, 0.6) is 0 Å². The highest BCUT2D eigenvalue weighted by Gasteiger charge is 2.22. The molecule has 3 nitrogen and oxygen atoms in total. The van der Waals surface area contributed by atoms with Crippen molar-refractivity contribution in [3.8, 4) is 0 Å². The van der Waals surface area contributed by atoms with Gasteiger partial charge in [-0.05, 0) is 31.8 Å². The van der Waals surface area contributed by atoms with Crippen LogP contribution in [0, 0.1) is 5.41 Å². The van der Waals surface area contributed by atoms with Gasteiger partial charge in [-0.2, -0.15) is 0 Å². The Hall–Kier alpha value is -0.120. The van der Waals surface area contributed by atoms with Crippen LogP contribution in [0.3, 0.4) is 0 Å². The molecule has 0 aliphatic carbocycles. The summed E-state index contributed by atoms with van der Waals surface area (Å²) in [4.78, 5) is 2.36. The van der Waals surface area contributed by atoms with Crippen molar-refractivity contribution in [2.24, 2.45) is 5.41 Å². The Labute approximate surface area is 87.5 Å². The fourth-order valence-corrected chi connectivity index (χ4v) is 1.91. The zero-order valence-corrected chi connectivity index (χ0v) is 9.71. The molecule has 1 unspecified atom stereocenters. The largest absolute Gasteiger partial charge is 0.396 e. The van der Waals surface area contributed by atoms with Crippen LogP contribution >= 0.6 is 0 Å². The van der Waals surface area contributed by atoms with Gasteiger partial charge in [-0.25, -0.2) is 0 Å². The molecule has 0 aromatic heterocycles. The second-order valence-electron chi connectivity index (χ2n) is 5.27. The van der Waals surface area contributed by atoms with E-state index in [-0.39, 0.29) is 5.41 Å². The van der Waals surface area contributed by atoms with Crippen LogP contribution in [0.4, 0.5) is 0 Å². The van der Waals surface area contributed by atoms with Crippen LogP contribution in [-0.4, -0.2) is 49.3 Å². The maximum absolute atomic E-state index is 8.90. The molecular weight excluding hydrogens is 176 g/mol. The molecule has 1 rings (SSSR count). The summed E-state index contributed by atoms with van der Waals surface area (Å²) in [6.45, 7) is 8.07. The molecule has 1 fully saturated rings. The maximum atomic E-state index is 8.90. The zero-order chi connectivity index (χ0) is 10.6. The average molecular weight is 200 g/mol. The van der Waals surface area contributed by atoms with E-state index >= 15 is 0 Å². The van der Waals surface area contributed by atoms with Crippen molar-refractivity contribution in [2.75, 3.05) is 33.3 Å². The smallest absolute Gasteiger partial charge is 0.0436 e. The second kappa shape index (κ2) is 5.10. The van der Waals surface area contributed by atoms with Crippen LogP contribution < -0.4 is 5.32 Å². The maximum Gasteiger partial charge on any atom is 0.0436 e. The highest BCUT2D eigenvalue weighted by atomic mass is 16.3. The quantitative estimate of drug-likeness (QED) is 0.685. The van der Waals surface area contributed by atoms with Crippen LogP contribution in [0.1, 0.15) is 26.7 Å². The van der Waals surface area contributed by atoms with Gasteiger partial charge < -0.3 is 15.3 Å². The van der Waals surface area contributed by atoms with Gasteiger partial charge in [0.1, 0.15) is 0 Å². The molecule has 1 heterocycles. The number of likely N-dealkylation sites (N-methyl/N-ethyl adjacent to an activating group) is 1. The molecule has 0 aromatic carbocycles. The fourth-order valence-electron chi connectivity index (χ4n) is 1.91. The van der Waals surface area contributed by atoms with Gasteiger partial charge in [-0.15, -0.1) is 0 Å². The third-order valence-corrected chi connectivity index (χ3v) is 3.05. The fraction of sp³-hybridized carbons (Fsp3) is 1.00. The summed E-state index contributed by atoms with van der Waals surface area (Å²) in [6, 6.07) is 0.651. The van der Waals surface area contributed by atoms with E-state index in [0.29, 0.717) is 12.6 Å². The molecule has 84 valence electrons. The molecule has 14 heavy (non-hydrogen) atoms. The van der Waals surface area contributed by atoms with Crippen molar-refractivity contribution in [3.63, 3.8) is 0 Å². The zero-order valence-electron chi connectivity index (χ0n) is 9.71. The predicted octanol–water partition coefficient (Wildman–Crippen LogP) is 0.689. The molecule has 0 amide bonds. The van der Waals surface area contributed by atoms with E-state index in [1.54, 1.807) is 0 Å². The van der Waals surface area contributed by atoms with Gasteiger partial charge in [0.2, 0.25) is 0 Å². The van der Waals surface area contributed by atoms with Crippen LogP contribution in [0.25, 0.3) is 0 Å². The van der Waals surface area contributed by atoms with Crippen molar-refractivity contribution in [2.45, 2.75) is 32.7 Å². The lowest BCUT2D eigenvalue weighted by Crippen LogP contribution is -2.38. The SMILES string of the molecule is CN1CCC(NCC(C)(C)CCO)C1. The first-order chi connectivity index (χ1) is 6.53. The Kier molecular flexibility index (Phi) is 4.35. The van der Waals surface area contributed by atoms with Gasteiger partial charge in [0, 0.05) is 25.7 Å². The molecule has 1 aliphatic rings. The molecule has 0 radical (unpaired) electrons. The van der Waals surface area contributed by atoms with Gasteiger partial charge in [-0.1, -0.05) is 13.8 Å². The molecule has 1 atom stereocenters. The Morgan fingerprint density at radius 1 is 1.50 bits per heavy atom. The Morgan fingerprint density at radius 3 is 2.71 bits per heavy atom. The summed E-state index contributed by atoms with van der Waals surface area (Å²) >= 11 is 0. The third-order valence-electron chi connectivity index (χ3n) is 3.05. The molecule has 3 heteroatoms. The van der Waals surface area contributed by atoms with Crippen molar-refractivity contribution >= 4 is 0 Å². The monoisotopic (exact) mass is 200 g/mol. The topological polar surface area (TPSA) is 35.5 Å². The first-order valence-electron chi connectivity index (χ1n) is 5.56. The van der Waals surface area contributed by atoms with Crippen molar-refractivity contribution in [3.05, 3.63) is 0 Å². The summed E-state index contributed by atoms with van der Waals surface area (Å²) in [6.07, 6.45) is 2.13. The lowest BCUT2D eigenvalue weighted by atomic mass is 9.89. The highest BCUT2D eigenvalue weighted by Crippen LogP contribution is 2.19. The van der Waals surface area contributed by atoms with E-state index in [2.05, 4.69) is 31.1 Å². The van der Waals surface area contributed by atoms with Gasteiger partial charge in [-0.3, -0.25) is 0 Å². The molecule has 1 saturated heterocycles.